The first-order chi connectivity index (χ1) is 17.8. The number of hydrogen-bond acceptors (Lipinski definition) is 8. The maximum absolute atomic E-state index is 12.8. The van der Waals surface area contributed by atoms with Gasteiger partial charge in [0.05, 0.1) is 12.2 Å². The number of ether oxygens (including phenoxy) is 3. The van der Waals surface area contributed by atoms with Crippen molar-refractivity contribution in [3.63, 3.8) is 0 Å². The molecule has 1 aromatic heterocycles. The van der Waals surface area contributed by atoms with Gasteiger partial charge in [0.1, 0.15) is 22.5 Å². The van der Waals surface area contributed by atoms with Crippen LogP contribution in [0.4, 0.5) is 14.4 Å². The lowest BCUT2D eigenvalue weighted by molar-refractivity contribution is 0.0222. The zero-order valence-corrected chi connectivity index (χ0v) is 24.7. The summed E-state index contributed by atoms with van der Waals surface area (Å²) in [5.41, 5.74) is -1.29. The van der Waals surface area contributed by atoms with Crippen LogP contribution in [0, 0.1) is 0 Å². The van der Waals surface area contributed by atoms with Gasteiger partial charge in [-0.1, -0.05) is 6.07 Å². The van der Waals surface area contributed by atoms with Gasteiger partial charge < -0.3 is 35.1 Å². The highest BCUT2D eigenvalue weighted by atomic mass is 16.6. The number of nitrogens with zero attached hydrogens (tertiary/aromatic N) is 2. The molecule has 0 aliphatic rings. The molecule has 12 heteroatoms. The van der Waals surface area contributed by atoms with Gasteiger partial charge in [0, 0.05) is 26.2 Å². The number of carbonyl (C=O) groups is 4. The molecule has 3 N–H and O–H groups in total. The Morgan fingerprint density at radius 2 is 1.26 bits per heavy atom. The summed E-state index contributed by atoms with van der Waals surface area (Å²) < 4.78 is 15.9. The van der Waals surface area contributed by atoms with E-state index in [1.807, 2.05) is 0 Å². The van der Waals surface area contributed by atoms with E-state index < -0.39 is 35.1 Å². The summed E-state index contributed by atoms with van der Waals surface area (Å²) >= 11 is 0. The monoisotopic (exact) mass is 551 g/mol. The van der Waals surface area contributed by atoms with Gasteiger partial charge in [0.25, 0.3) is 5.91 Å². The van der Waals surface area contributed by atoms with Crippen LogP contribution < -0.4 is 16.0 Å². The second kappa shape index (κ2) is 14.5. The lowest BCUT2D eigenvalue weighted by Gasteiger charge is -2.27. The van der Waals surface area contributed by atoms with Crippen molar-refractivity contribution in [1.82, 2.24) is 25.8 Å². The lowest BCUT2D eigenvalue weighted by Crippen LogP contribution is -2.42. The molecule has 1 heterocycles. The molecule has 12 nitrogen and oxygen atoms in total. The zero-order chi connectivity index (χ0) is 29.9. The van der Waals surface area contributed by atoms with Gasteiger partial charge in [-0.05, 0) is 80.9 Å². The summed E-state index contributed by atoms with van der Waals surface area (Å²) in [7, 11) is 0. The molecule has 0 aliphatic heterocycles. The quantitative estimate of drug-likeness (QED) is 0.292. The Kier molecular flexibility index (Phi) is 12.5. The predicted molar refractivity (Wildman–Crippen MR) is 146 cm³/mol. The van der Waals surface area contributed by atoms with E-state index in [1.54, 1.807) is 80.5 Å². The minimum Gasteiger partial charge on any atom is -0.444 e. The summed E-state index contributed by atoms with van der Waals surface area (Å²) in [5, 5.41) is 8.02. The van der Waals surface area contributed by atoms with E-state index in [0.29, 0.717) is 25.2 Å². The SMILES string of the molecule is CC(C)(C)OC(=O)NCCCNC(=O)c1cccc(CN(CCNC(=O)OC(C)(C)C)C(=O)OC(C)(C)C)n1. The van der Waals surface area contributed by atoms with Gasteiger partial charge >= 0.3 is 18.3 Å². The van der Waals surface area contributed by atoms with E-state index in [0.717, 1.165) is 0 Å². The molecule has 0 radical (unpaired) electrons. The van der Waals surface area contributed by atoms with E-state index >= 15 is 0 Å². The Morgan fingerprint density at radius 1 is 0.744 bits per heavy atom. The first-order valence-corrected chi connectivity index (χ1v) is 13.0. The molecule has 0 aromatic carbocycles. The van der Waals surface area contributed by atoms with Crippen molar-refractivity contribution < 1.29 is 33.4 Å². The summed E-state index contributed by atoms with van der Waals surface area (Å²) in [6, 6.07) is 4.94. The number of nitrogens with one attached hydrogen (secondary N) is 3. The molecule has 0 atom stereocenters. The molecule has 39 heavy (non-hydrogen) atoms. The molecule has 0 aliphatic carbocycles. The van der Waals surface area contributed by atoms with E-state index in [2.05, 4.69) is 20.9 Å². The van der Waals surface area contributed by atoms with Crippen LogP contribution in [-0.4, -0.2) is 77.1 Å². The number of carbonyl (C=O) groups excluding carboxylic acids is 4. The number of pyridine rings is 1. The molecule has 0 unspecified atom stereocenters. The van der Waals surface area contributed by atoms with Crippen LogP contribution in [0.2, 0.25) is 0 Å². The fraction of sp³-hybridized carbons (Fsp3) is 0.667. The molecule has 0 saturated heterocycles. The summed E-state index contributed by atoms with van der Waals surface area (Å²) in [6.07, 6.45) is -1.19. The van der Waals surface area contributed by atoms with Crippen molar-refractivity contribution in [3.8, 4) is 0 Å². The number of hydrogen-bond donors (Lipinski definition) is 3. The maximum Gasteiger partial charge on any atom is 0.410 e. The van der Waals surface area contributed by atoms with Gasteiger partial charge in [-0.25, -0.2) is 19.4 Å². The Balaban J connectivity index is 2.72. The van der Waals surface area contributed by atoms with Gasteiger partial charge in [0.15, 0.2) is 0 Å². The first-order valence-electron chi connectivity index (χ1n) is 13.0. The van der Waals surface area contributed by atoms with Crippen LogP contribution in [0.1, 0.15) is 84.9 Å². The average Bonchev–Trinajstić information content (AvgIpc) is 2.74. The Hall–Kier alpha value is -3.57. The second-order valence-corrected chi connectivity index (χ2v) is 11.9. The Labute approximate surface area is 231 Å². The first kappa shape index (κ1) is 33.5. The van der Waals surface area contributed by atoms with Crippen LogP contribution >= 0.6 is 0 Å². The van der Waals surface area contributed by atoms with E-state index in [4.69, 9.17) is 14.2 Å². The molecule has 1 rings (SSSR count). The van der Waals surface area contributed by atoms with Crippen LogP contribution in [0.5, 0.6) is 0 Å². The lowest BCUT2D eigenvalue weighted by atomic mass is 10.2. The highest BCUT2D eigenvalue weighted by Gasteiger charge is 2.24. The average molecular weight is 552 g/mol. The molecule has 0 saturated carbocycles. The molecule has 4 amide bonds. The highest BCUT2D eigenvalue weighted by molar-refractivity contribution is 5.92. The minimum absolute atomic E-state index is 0.0613. The van der Waals surface area contributed by atoms with Gasteiger partial charge in [-0.3, -0.25) is 4.79 Å². The molecule has 1 aromatic rings. The summed E-state index contributed by atoms with van der Waals surface area (Å²) in [5.74, 6) is -0.385. The van der Waals surface area contributed by atoms with E-state index in [1.165, 1.54) is 4.90 Å². The zero-order valence-electron chi connectivity index (χ0n) is 24.7. The minimum atomic E-state index is -0.721. The molecule has 0 fully saturated rings. The third kappa shape index (κ3) is 16.1. The molecular weight excluding hydrogens is 506 g/mol. The maximum atomic E-state index is 12.8. The molecule has 220 valence electrons. The number of amides is 4. The van der Waals surface area contributed by atoms with E-state index in [9.17, 15) is 19.2 Å². The normalized spacial score (nSPS) is 11.7. The van der Waals surface area contributed by atoms with Crippen LogP contribution in [0.15, 0.2) is 18.2 Å². The standard InChI is InChI=1S/C27H45N5O7/c1-25(2,3)37-22(34)29-15-11-14-28-21(33)20-13-10-12-19(31-20)18-32(24(36)39-27(7,8)9)17-16-30-23(35)38-26(4,5)6/h10,12-13H,11,14-18H2,1-9H3,(H,28,33)(H,29,34)(H,30,35). The van der Waals surface area contributed by atoms with E-state index in [-0.39, 0.29) is 31.2 Å². The number of aromatic nitrogens is 1. The third-order valence-electron chi connectivity index (χ3n) is 4.40. The third-order valence-corrected chi connectivity index (χ3v) is 4.40. The topological polar surface area (TPSA) is 148 Å². The van der Waals surface area contributed by atoms with Crippen molar-refractivity contribution in [2.75, 3.05) is 26.2 Å². The number of rotatable bonds is 10. The van der Waals surface area contributed by atoms with Crippen molar-refractivity contribution >= 4 is 24.2 Å². The Bertz CT molecular complexity index is 978. The van der Waals surface area contributed by atoms with Gasteiger partial charge in [-0.15, -0.1) is 0 Å². The van der Waals surface area contributed by atoms with Gasteiger partial charge in [0.2, 0.25) is 0 Å². The smallest absolute Gasteiger partial charge is 0.410 e. The fourth-order valence-corrected chi connectivity index (χ4v) is 2.94. The van der Waals surface area contributed by atoms with Crippen molar-refractivity contribution in [1.29, 1.82) is 0 Å². The fourth-order valence-electron chi connectivity index (χ4n) is 2.94. The van der Waals surface area contributed by atoms with Crippen LogP contribution in [0.25, 0.3) is 0 Å². The van der Waals surface area contributed by atoms with Crippen molar-refractivity contribution in [3.05, 3.63) is 29.6 Å². The van der Waals surface area contributed by atoms with Crippen LogP contribution in [-0.2, 0) is 20.8 Å². The molecule has 0 bridgehead atoms. The second-order valence-electron chi connectivity index (χ2n) is 11.9. The number of alkyl carbamates (subject to hydrolysis) is 2. The van der Waals surface area contributed by atoms with Crippen LogP contribution in [0.3, 0.4) is 0 Å². The van der Waals surface area contributed by atoms with Gasteiger partial charge in [-0.2, -0.15) is 0 Å². The largest absolute Gasteiger partial charge is 0.444 e. The predicted octanol–water partition coefficient (Wildman–Crippen LogP) is 3.99. The highest BCUT2D eigenvalue weighted by Crippen LogP contribution is 2.13. The van der Waals surface area contributed by atoms with Crippen molar-refractivity contribution in [2.24, 2.45) is 0 Å². The van der Waals surface area contributed by atoms with Crippen molar-refractivity contribution in [2.45, 2.75) is 92.1 Å². The summed E-state index contributed by atoms with van der Waals surface area (Å²) in [6.45, 7) is 16.9. The molecular formula is C27H45N5O7. The summed E-state index contributed by atoms with van der Waals surface area (Å²) in [4.78, 5) is 54.9. The Morgan fingerprint density at radius 3 is 1.79 bits per heavy atom. The molecule has 0 spiro atoms.